The van der Waals surface area contributed by atoms with Crippen LogP contribution in [0, 0.1) is 11.8 Å². The number of aldehydes is 1. The first-order chi connectivity index (χ1) is 7.77. The normalized spacial score (nSPS) is 33.4. The summed E-state index contributed by atoms with van der Waals surface area (Å²) in [4.78, 5) is 24.9. The van der Waals surface area contributed by atoms with Crippen molar-refractivity contribution in [2.45, 2.75) is 25.3 Å². The van der Waals surface area contributed by atoms with Crippen LogP contribution in [-0.4, -0.2) is 29.7 Å². The molecule has 1 amide bonds. The molecule has 0 aromatic heterocycles. The topological polar surface area (TPSA) is 37.4 Å². The summed E-state index contributed by atoms with van der Waals surface area (Å²) in [5.41, 5.74) is 0. The third-order valence-electron chi connectivity index (χ3n) is 3.55. The Hall–Kier alpha value is -1.38. The molecule has 2 rings (SSSR count). The van der Waals surface area contributed by atoms with Crippen LogP contribution < -0.4 is 0 Å². The van der Waals surface area contributed by atoms with Crippen molar-refractivity contribution < 1.29 is 9.59 Å². The molecule has 1 aliphatic carbocycles. The van der Waals surface area contributed by atoms with Gasteiger partial charge in [0, 0.05) is 6.54 Å². The Morgan fingerprint density at radius 2 is 2.38 bits per heavy atom. The monoisotopic (exact) mass is 219 g/mol. The zero-order chi connectivity index (χ0) is 11.5. The summed E-state index contributed by atoms with van der Waals surface area (Å²) in [6, 6.07) is -0.252. The summed E-state index contributed by atoms with van der Waals surface area (Å²) >= 11 is 0. The van der Waals surface area contributed by atoms with Gasteiger partial charge in [-0.25, -0.2) is 0 Å². The van der Waals surface area contributed by atoms with Crippen molar-refractivity contribution in [3.63, 3.8) is 0 Å². The lowest BCUT2D eigenvalue weighted by atomic mass is 9.76. The highest BCUT2D eigenvalue weighted by Crippen LogP contribution is 2.35. The fourth-order valence-electron chi connectivity index (χ4n) is 2.72. The molecule has 1 heterocycles. The number of amides is 1. The van der Waals surface area contributed by atoms with Crippen LogP contribution in [0.5, 0.6) is 0 Å². The SMILES string of the molecule is C=CCN1C(=O)C2C=CCCC2CC1C=O. The highest BCUT2D eigenvalue weighted by Gasteiger charge is 2.40. The smallest absolute Gasteiger partial charge is 0.230 e. The molecule has 0 radical (unpaired) electrons. The maximum absolute atomic E-state index is 12.2. The first-order valence-electron chi connectivity index (χ1n) is 5.81. The molecule has 0 N–H and O–H groups in total. The van der Waals surface area contributed by atoms with Crippen molar-refractivity contribution >= 4 is 12.2 Å². The van der Waals surface area contributed by atoms with Crippen molar-refractivity contribution in [2.75, 3.05) is 6.54 Å². The number of allylic oxidation sites excluding steroid dienone is 1. The zero-order valence-electron chi connectivity index (χ0n) is 9.34. The predicted molar refractivity (Wildman–Crippen MR) is 61.7 cm³/mol. The molecule has 0 bridgehead atoms. The summed E-state index contributed by atoms with van der Waals surface area (Å²) < 4.78 is 0. The molecule has 1 fully saturated rings. The van der Waals surface area contributed by atoms with E-state index in [0.717, 1.165) is 25.5 Å². The van der Waals surface area contributed by atoms with E-state index in [1.165, 1.54) is 0 Å². The molecule has 0 saturated carbocycles. The van der Waals surface area contributed by atoms with E-state index in [1.54, 1.807) is 11.0 Å². The number of likely N-dealkylation sites (tertiary alicyclic amines) is 1. The molecule has 2 aliphatic rings. The third kappa shape index (κ3) is 1.82. The molecule has 0 aromatic rings. The summed E-state index contributed by atoms with van der Waals surface area (Å²) in [5, 5.41) is 0. The fraction of sp³-hybridized carbons (Fsp3) is 0.538. The maximum atomic E-state index is 12.2. The van der Waals surface area contributed by atoms with Gasteiger partial charge in [0.05, 0.1) is 12.0 Å². The van der Waals surface area contributed by atoms with Crippen molar-refractivity contribution in [2.24, 2.45) is 11.8 Å². The Balaban J connectivity index is 2.22. The van der Waals surface area contributed by atoms with E-state index in [9.17, 15) is 9.59 Å². The van der Waals surface area contributed by atoms with Gasteiger partial charge in [0.2, 0.25) is 5.91 Å². The van der Waals surface area contributed by atoms with Crippen molar-refractivity contribution in [1.82, 2.24) is 4.90 Å². The third-order valence-corrected chi connectivity index (χ3v) is 3.55. The Kier molecular flexibility index (Phi) is 3.22. The van der Waals surface area contributed by atoms with Gasteiger partial charge in [0.15, 0.2) is 0 Å². The number of carbonyl (C=O) groups excluding carboxylic acids is 2. The second-order valence-corrected chi connectivity index (χ2v) is 4.51. The van der Waals surface area contributed by atoms with E-state index in [1.807, 2.05) is 6.08 Å². The zero-order valence-corrected chi connectivity index (χ0v) is 9.34. The van der Waals surface area contributed by atoms with Crippen LogP contribution >= 0.6 is 0 Å². The van der Waals surface area contributed by atoms with Crippen LogP contribution in [0.2, 0.25) is 0 Å². The fourth-order valence-corrected chi connectivity index (χ4v) is 2.72. The first-order valence-corrected chi connectivity index (χ1v) is 5.81. The molecular formula is C13H17NO2. The summed E-state index contributed by atoms with van der Waals surface area (Å²) in [5.74, 6) is 0.433. The van der Waals surface area contributed by atoms with Gasteiger partial charge >= 0.3 is 0 Å². The van der Waals surface area contributed by atoms with E-state index in [2.05, 4.69) is 12.7 Å². The van der Waals surface area contributed by atoms with Gasteiger partial charge in [-0.1, -0.05) is 18.2 Å². The second kappa shape index (κ2) is 4.64. The Bertz CT molecular complexity index is 335. The molecular weight excluding hydrogens is 202 g/mol. The Morgan fingerprint density at radius 1 is 1.56 bits per heavy atom. The Labute approximate surface area is 95.8 Å². The van der Waals surface area contributed by atoms with Crippen molar-refractivity contribution in [3.8, 4) is 0 Å². The van der Waals surface area contributed by atoms with Crippen LogP contribution in [0.3, 0.4) is 0 Å². The minimum Gasteiger partial charge on any atom is -0.329 e. The van der Waals surface area contributed by atoms with Crippen molar-refractivity contribution in [1.29, 1.82) is 0 Å². The van der Waals surface area contributed by atoms with Crippen molar-refractivity contribution in [3.05, 3.63) is 24.8 Å². The molecule has 0 spiro atoms. The largest absolute Gasteiger partial charge is 0.329 e. The van der Waals surface area contributed by atoms with E-state index in [4.69, 9.17) is 0 Å². The van der Waals surface area contributed by atoms with Gasteiger partial charge in [-0.3, -0.25) is 4.79 Å². The van der Waals surface area contributed by atoms with Gasteiger partial charge in [-0.15, -0.1) is 6.58 Å². The van der Waals surface area contributed by atoms with Gasteiger partial charge < -0.3 is 9.69 Å². The van der Waals surface area contributed by atoms with Crippen LogP contribution in [-0.2, 0) is 9.59 Å². The van der Waals surface area contributed by atoms with E-state index >= 15 is 0 Å². The van der Waals surface area contributed by atoms with Gasteiger partial charge in [-0.05, 0) is 25.2 Å². The minimum atomic E-state index is -0.252. The van der Waals surface area contributed by atoms with E-state index < -0.39 is 0 Å². The van der Waals surface area contributed by atoms with Crippen LogP contribution in [0.25, 0.3) is 0 Å². The van der Waals surface area contributed by atoms with Gasteiger partial charge in [0.1, 0.15) is 6.29 Å². The number of rotatable bonds is 3. The minimum absolute atomic E-state index is 0.00935. The summed E-state index contributed by atoms with van der Waals surface area (Å²) in [7, 11) is 0. The number of nitrogens with zero attached hydrogens (tertiary/aromatic N) is 1. The molecule has 3 heteroatoms. The maximum Gasteiger partial charge on any atom is 0.230 e. The highest BCUT2D eigenvalue weighted by molar-refractivity contribution is 5.85. The molecule has 0 aromatic carbocycles. The van der Waals surface area contributed by atoms with Crippen LogP contribution in [0.1, 0.15) is 19.3 Å². The second-order valence-electron chi connectivity index (χ2n) is 4.51. The molecule has 16 heavy (non-hydrogen) atoms. The lowest BCUT2D eigenvalue weighted by molar-refractivity contribution is -0.145. The number of piperidine rings is 1. The quantitative estimate of drug-likeness (QED) is 0.533. The van der Waals surface area contributed by atoms with E-state index in [-0.39, 0.29) is 17.9 Å². The molecule has 1 aliphatic heterocycles. The predicted octanol–water partition coefficient (Wildman–Crippen LogP) is 1.55. The van der Waals surface area contributed by atoms with Gasteiger partial charge in [-0.2, -0.15) is 0 Å². The number of hydrogen-bond donors (Lipinski definition) is 0. The average Bonchev–Trinajstić information content (AvgIpc) is 2.33. The molecule has 3 unspecified atom stereocenters. The Morgan fingerprint density at radius 3 is 3.06 bits per heavy atom. The molecule has 1 saturated heterocycles. The molecule has 3 nitrogen and oxygen atoms in total. The number of carbonyl (C=O) groups is 2. The lowest BCUT2D eigenvalue weighted by Crippen LogP contribution is -2.52. The first kappa shape index (κ1) is 11.1. The van der Waals surface area contributed by atoms with Crippen LogP contribution in [0.15, 0.2) is 24.8 Å². The van der Waals surface area contributed by atoms with Crippen LogP contribution in [0.4, 0.5) is 0 Å². The molecule has 3 atom stereocenters. The average molecular weight is 219 g/mol. The lowest BCUT2D eigenvalue weighted by Gasteiger charge is -2.41. The highest BCUT2D eigenvalue weighted by atomic mass is 16.2. The molecule has 86 valence electrons. The number of fused-ring (bicyclic) bond motifs is 1. The van der Waals surface area contributed by atoms with Gasteiger partial charge in [0.25, 0.3) is 0 Å². The standard InChI is InChI=1S/C13H17NO2/c1-2-7-14-11(9-15)8-10-5-3-4-6-12(10)13(14)16/h2,4,6,9-12H,1,3,5,7-8H2. The summed E-state index contributed by atoms with van der Waals surface area (Å²) in [6.07, 6.45) is 9.52. The summed E-state index contributed by atoms with van der Waals surface area (Å²) in [6.45, 7) is 4.11. The number of hydrogen-bond acceptors (Lipinski definition) is 2. The van der Waals surface area contributed by atoms with E-state index in [0.29, 0.717) is 12.5 Å².